The summed E-state index contributed by atoms with van der Waals surface area (Å²) in [6.07, 6.45) is 2.66. The summed E-state index contributed by atoms with van der Waals surface area (Å²) in [5.41, 5.74) is 3.30. The lowest BCUT2D eigenvalue weighted by Crippen LogP contribution is -2.50. The fourth-order valence-electron chi connectivity index (χ4n) is 4.03. The number of amides is 2. The first-order valence-electron chi connectivity index (χ1n) is 12.8. The van der Waals surface area contributed by atoms with Gasteiger partial charge in [-0.25, -0.2) is 12.8 Å². The zero-order valence-corrected chi connectivity index (χ0v) is 23.6. The van der Waals surface area contributed by atoms with Crippen molar-refractivity contribution in [3.8, 4) is 0 Å². The van der Waals surface area contributed by atoms with Crippen LogP contribution >= 0.6 is 0 Å². The number of benzene rings is 2. The van der Waals surface area contributed by atoms with E-state index in [-0.39, 0.29) is 49.6 Å². The molecule has 1 N–H and O–H groups in total. The van der Waals surface area contributed by atoms with Crippen molar-refractivity contribution in [1.82, 2.24) is 10.2 Å². The van der Waals surface area contributed by atoms with Crippen LogP contribution in [0, 0.1) is 19.7 Å². The topological polar surface area (TPSA) is 86.8 Å². The summed E-state index contributed by atoms with van der Waals surface area (Å²) in [5, 5.41) is 2.96. The molecule has 2 rings (SSSR count). The van der Waals surface area contributed by atoms with Gasteiger partial charge in [0.15, 0.2) is 0 Å². The van der Waals surface area contributed by atoms with E-state index in [0.717, 1.165) is 23.8 Å². The Hall–Kier alpha value is -2.94. The van der Waals surface area contributed by atoms with Crippen LogP contribution < -0.4 is 9.62 Å². The lowest BCUT2D eigenvalue weighted by atomic mass is 10.1. The SMILES string of the molecule is CC[C@@H](C)NC(=O)[C@H](CC)N(Cc1ccc(F)cc1)C(=O)CCCN(c1ccc(C)c(C)c1)S(C)(=O)=O. The number of hydrogen-bond acceptors (Lipinski definition) is 4. The van der Waals surface area contributed by atoms with E-state index in [9.17, 15) is 22.4 Å². The van der Waals surface area contributed by atoms with Crippen LogP contribution in [-0.4, -0.2) is 50.0 Å². The van der Waals surface area contributed by atoms with Gasteiger partial charge in [-0.2, -0.15) is 0 Å². The minimum Gasteiger partial charge on any atom is -0.352 e. The molecule has 2 aromatic rings. The summed E-state index contributed by atoms with van der Waals surface area (Å²) in [5.74, 6) is -0.875. The number of nitrogens with one attached hydrogen (secondary N) is 1. The van der Waals surface area contributed by atoms with Crippen molar-refractivity contribution >= 4 is 27.5 Å². The molecule has 9 heteroatoms. The molecule has 0 saturated carbocycles. The zero-order chi connectivity index (χ0) is 27.8. The van der Waals surface area contributed by atoms with Gasteiger partial charge in [0.25, 0.3) is 0 Å². The largest absolute Gasteiger partial charge is 0.352 e. The second kappa shape index (κ2) is 13.6. The van der Waals surface area contributed by atoms with Gasteiger partial charge in [-0.15, -0.1) is 0 Å². The molecule has 204 valence electrons. The summed E-state index contributed by atoms with van der Waals surface area (Å²) in [6, 6.07) is 10.6. The molecule has 7 nitrogen and oxygen atoms in total. The van der Waals surface area contributed by atoms with Crippen LogP contribution in [0.3, 0.4) is 0 Å². The van der Waals surface area contributed by atoms with Crippen molar-refractivity contribution in [2.24, 2.45) is 0 Å². The Balaban J connectivity index is 2.23. The molecule has 2 aromatic carbocycles. The molecule has 0 aliphatic rings. The molecule has 2 atom stereocenters. The van der Waals surface area contributed by atoms with E-state index in [0.29, 0.717) is 17.7 Å². The molecule has 0 unspecified atom stereocenters. The van der Waals surface area contributed by atoms with Crippen molar-refractivity contribution in [3.63, 3.8) is 0 Å². The van der Waals surface area contributed by atoms with Gasteiger partial charge in [0.1, 0.15) is 11.9 Å². The predicted molar refractivity (Wildman–Crippen MR) is 146 cm³/mol. The number of sulfonamides is 1. The second-order valence-corrected chi connectivity index (χ2v) is 11.5. The smallest absolute Gasteiger partial charge is 0.243 e. The third-order valence-corrected chi connectivity index (χ3v) is 7.78. The minimum absolute atomic E-state index is 0.0365. The van der Waals surface area contributed by atoms with Gasteiger partial charge in [-0.3, -0.25) is 13.9 Å². The van der Waals surface area contributed by atoms with Crippen LogP contribution in [0.5, 0.6) is 0 Å². The van der Waals surface area contributed by atoms with Crippen molar-refractivity contribution in [1.29, 1.82) is 0 Å². The Morgan fingerprint density at radius 2 is 1.65 bits per heavy atom. The second-order valence-electron chi connectivity index (χ2n) is 9.60. The molecule has 0 bridgehead atoms. The van der Waals surface area contributed by atoms with Crippen LogP contribution in [0.1, 0.15) is 63.1 Å². The Labute approximate surface area is 221 Å². The predicted octanol–water partition coefficient (Wildman–Crippen LogP) is 4.71. The van der Waals surface area contributed by atoms with E-state index in [1.807, 2.05) is 46.8 Å². The summed E-state index contributed by atoms with van der Waals surface area (Å²) < 4.78 is 39.8. The third kappa shape index (κ3) is 8.84. The summed E-state index contributed by atoms with van der Waals surface area (Å²) in [4.78, 5) is 28.0. The maximum Gasteiger partial charge on any atom is 0.243 e. The fraction of sp³-hybridized carbons (Fsp3) is 0.500. The number of carbonyl (C=O) groups excluding carboxylic acids is 2. The van der Waals surface area contributed by atoms with E-state index in [1.54, 1.807) is 18.2 Å². The Bertz CT molecular complexity index is 1170. The van der Waals surface area contributed by atoms with Crippen molar-refractivity contribution in [2.75, 3.05) is 17.1 Å². The average Bonchev–Trinajstić information content (AvgIpc) is 2.83. The summed E-state index contributed by atoms with van der Waals surface area (Å²) in [6.45, 7) is 9.88. The van der Waals surface area contributed by atoms with Crippen LogP contribution in [0.4, 0.5) is 10.1 Å². The first-order chi connectivity index (χ1) is 17.4. The number of halogens is 1. The van der Waals surface area contributed by atoms with E-state index >= 15 is 0 Å². The van der Waals surface area contributed by atoms with Crippen LogP contribution in [0.25, 0.3) is 0 Å². The fourth-order valence-corrected chi connectivity index (χ4v) is 4.99. The van der Waals surface area contributed by atoms with E-state index < -0.39 is 16.1 Å². The molecule has 0 radical (unpaired) electrons. The molecular weight excluding hydrogens is 493 g/mol. The third-order valence-electron chi connectivity index (χ3n) is 6.58. The van der Waals surface area contributed by atoms with Crippen molar-refractivity contribution in [2.45, 2.75) is 78.9 Å². The first-order valence-corrected chi connectivity index (χ1v) is 14.6. The van der Waals surface area contributed by atoms with Crippen LogP contribution in [-0.2, 0) is 26.2 Å². The monoisotopic (exact) mass is 533 g/mol. The van der Waals surface area contributed by atoms with Gasteiger partial charge in [-0.05, 0) is 81.0 Å². The van der Waals surface area contributed by atoms with Gasteiger partial charge >= 0.3 is 0 Å². The number of anilines is 1. The molecule has 0 fully saturated rings. The maximum atomic E-state index is 13.4. The Morgan fingerprint density at radius 1 is 1.00 bits per heavy atom. The van der Waals surface area contributed by atoms with E-state index in [2.05, 4.69) is 5.32 Å². The Kier molecular flexibility index (Phi) is 11.1. The van der Waals surface area contributed by atoms with Crippen molar-refractivity contribution in [3.05, 3.63) is 65.0 Å². The first kappa shape index (κ1) is 30.3. The minimum atomic E-state index is -3.56. The van der Waals surface area contributed by atoms with Gasteiger partial charge < -0.3 is 10.2 Å². The van der Waals surface area contributed by atoms with Gasteiger partial charge in [0.05, 0.1) is 11.9 Å². The summed E-state index contributed by atoms with van der Waals surface area (Å²) in [7, 11) is -3.56. The normalized spacial score (nSPS) is 13.1. The number of nitrogens with zero attached hydrogens (tertiary/aromatic N) is 2. The highest BCUT2D eigenvalue weighted by Gasteiger charge is 2.29. The molecule has 0 spiro atoms. The average molecular weight is 534 g/mol. The zero-order valence-electron chi connectivity index (χ0n) is 22.8. The molecule has 0 aliphatic carbocycles. The number of rotatable bonds is 13. The quantitative estimate of drug-likeness (QED) is 0.404. The highest BCUT2D eigenvalue weighted by Crippen LogP contribution is 2.22. The molecular formula is C28H40FN3O4S. The van der Waals surface area contributed by atoms with Crippen LogP contribution in [0.15, 0.2) is 42.5 Å². The summed E-state index contributed by atoms with van der Waals surface area (Å²) >= 11 is 0. The highest BCUT2D eigenvalue weighted by atomic mass is 32.2. The lowest BCUT2D eigenvalue weighted by Gasteiger charge is -2.32. The molecule has 2 amide bonds. The number of aryl methyl sites for hydroxylation is 2. The standard InChI is InChI=1S/C28H40FN3O4S/c1-7-22(5)30-28(34)26(8-2)31(19-23-12-14-24(29)15-13-23)27(33)10-9-17-32(37(6,35)36)25-16-11-20(3)21(4)18-25/h11-16,18,22,26H,7-10,17,19H2,1-6H3,(H,30,34)/t22-,26+/m1/s1. The van der Waals surface area contributed by atoms with E-state index in [1.165, 1.54) is 21.3 Å². The molecule has 0 heterocycles. The Morgan fingerprint density at radius 3 is 2.19 bits per heavy atom. The van der Waals surface area contributed by atoms with Crippen LogP contribution in [0.2, 0.25) is 0 Å². The van der Waals surface area contributed by atoms with Gasteiger partial charge in [-0.1, -0.05) is 32.0 Å². The number of carbonyl (C=O) groups is 2. The maximum absolute atomic E-state index is 13.4. The van der Waals surface area contributed by atoms with E-state index in [4.69, 9.17) is 0 Å². The highest BCUT2D eigenvalue weighted by molar-refractivity contribution is 7.92. The molecule has 0 saturated heterocycles. The van der Waals surface area contributed by atoms with Gasteiger partial charge in [0.2, 0.25) is 21.8 Å². The molecule has 0 aromatic heterocycles. The lowest BCUT2D eigenvalue weighted by molar-refractivity contribution is -0.141. The number of hydrogen-bond donors (Lipinski definition) is 1. The molecule has 37 heavy (non-hydrogen) atoms. The molecule has 0 aliphatic heterocycles. The van der Waals surface area contributed by atoms with Crippen molar-refractivity contribution < 1.29 is 22.4 Å². The van der Waals surface area contributed by atoms with Gasteiger partial charge in [0, 0.05) is 25.6 Å².